The third-order valence-electron chi connectivity index (χ3n) is 3.25. The third-order valence-corrected chi connectivity index (χ3v) is 6.36. The van der Waals surface area contributed by atoms with Gasteiger partial charge in [0.25, 0.3) is 10.0 Å². The maximum atomic E-state index is 12.3. The van der Waals surface area contributed by atoms with E-state index in [-0.39, 0.29) is 5.41 Å². The summed E-state index contributed by atoms with van der Waals surface area (Å²) >= 11 is 1.32. The monoisotopic (exact) mass is 323 g/mol. The van der Waals surface area contributed by atoms with Crippen LogP contribution in [0.15, 0.2) is 40.6 Å². The number of anilines is 1. The molecule has 2 aromatic rings. The minimum Gasteiger partial charge on any atom is -0.279 e. The number of rotatable bonds is 4. The molecule has 0 spiro atoms. The zero-order chi connectivity index (χ0) is 15.7. The molecule has 0 aliphatic carbocycles. The molecule has 2 rings (SSSR count). The van der Waals surface area contributed by atoms with Crippen LogP contribution in [0.3, 0.4) is 0 Å². The number of thiophene rings is 1. The Morgan fingerprint density at radius 2 is 1.67 bits per heavy atom. The van der Waals surface area contributed by atoms with Gasteiger partial charge in [-0.15, -0.1) is 11.3 Å². The number of sulfonamides is 1. The van der Waals surface area contributed by atoms with Gasteiger partial charge < -0.3 is 0 Å². The predicted octanol–water partition coefficient (Wildman–Crippen LogP) is 4.41. The number of hydrogen-bond donors (Lipinski definition) is 1. The second kappa shape index (κ2) is 5.81. The third kappa shape index (κ3) is 3.86. The van der Waals surface area contributed by atoms with Gasteiger partial charge in [0.2, 0.25) is 0 Å². The van der Waals surface area contributed by atoms with Gasteiger partial charge in [0.1, 0.15) is 4.21 Å². The highest BCUT2D eigenvalue weighted by atomic mass is 32.2. The quantitative estimate of drug-likeness (QED) is 0.906. The Hall–Kier alpha value is -1.33. The number of nitrogens with one attached hydrogen (secondary N) is 1. The Morgan fingerprint density at radius 1 is 1.05 bits per heavy atom. The van der Waals surface area contributed by atoms with Crippen molar-refractivity contribution in [3.8, 4) is 0 Å². The molecule has 0 saturated carbocycles. The van der Waals surface area contributed by atoms with Gasteiger partial charge in [-0.2, -0.15) is 0 Å². The number of aryl methyl sites for hydroxylation is 1. The fourth-order valence-electron chi connectivity index (χ4n) is 1.94. The van der Waals surface area contributed by atoms with Gasteiger partial charge in [-0.3, -0.25) is 4.72 Å². The Kier molecular flexibility index (Phi) is 4.44. The minimum atomic E-state index is -3.48. The van der Waals surface area contributed by atoms with Crippen molar-refractivity contribution in [2.24, 2.45) is 0 Å². The van der Waals surface area contributed by atoms with Crippen molar-refractivity contribution in [1.82, 2.24) is 0 Å². The van der Waals surface area contributed by atoms with E-state index in [1.54, 1.807) is 6.07 Å². The van der Waals surface area contributed by atoms with Crippen LogP contribution in [0, 0.1) is 0 Å². The van der Waals surface area contributed by atoms with Crippen molar-refractivity contribution >= 4 is 27.0 Å². The molecule has 3 nitrogen and oxygen atoms in total. The van der Waals surface area contributed by atoms with Gasteiger partial charge in [-0.25, -0.2) is 8.42 Å². The number of hydrogen-bond acceptors (Lipinski definition) is 3. The summed E-state index contributed by atoms with van der Waals surface area (Å²) in [5.41, 5.74) is 1.82. The maximum absolute atomic E-state index is 12.3. The summed E-state index contributed by atoms with van der Waals surface area (Å²) in [5.74, 6) is 0. The predicted molar refractivity (Wildman–Crippen MR) is 89.6 cm³/mol. The van der Waals surface area contributed by atoms with Crippen molar-refractivity contribution < 1.29 is 8.42 Å². The number of benzene rings is 1. The SMILES string of the molecule is CCc1ccc(S(=O)(=O)Nc2ccc(C(C)(C)C)cc2)s1. The minimum absolute atomic E-state index is 0.0567. The topological polar surface area (TPSA) is 46.2 Å². The zero-order valence-electron chi connectivity index (χ0n) is 12.8. The molecule has 0 unspecified atom stereocenters. The molecular formula is C16H21NO2S2. The molecule has 5 heteroatoms. The summed E-state index contributed by atoms with van der Waals surface area (Å²) in [6, 6.07) is 11.1. The van der Waals surface area contributed by atoms with E-state index in [9.17, 15) is 8.42 Å². The van der Waals surface area contributed by atoms with Crippen LogP contribution in [0.4, 0.5) is 5.69 Å². The second-order valence-electron chi connectivity index (χ2n) is 6.01. The average molecular weight is 323 g/mol. The molecule has 1 heterocycles. The standard InChI is InChI=1S/C16H21NO2S2/c1-5-14-10-11-15(20-14)21(18,19)17-13-8-6-12(7-9-13)16(2,3)4/h6-11,17H,5H2,1-4H3. The van der Waals surface area contributed by atoms with Crippen LogP contribution in [-0.2, 0) is 21.9 Å². The summed E-state index contributed by atoms with van der Waals surface area (Å²) in [4.78, 5) is 1.07. The van der Waals surface area contributed by atoms with Gasteiger partial charge in [0, 0.05) is 10.6 Å². The van der Waals surface area contributed by atoms with E-state index in [2.05, 4.69) is 25.5 Å². The van der Waals surface area contributed by atoms with Crippen molar-refractivity contribution in [3.05, 3.63) is 46.8 Å². The van der Waals surface area contributed by atoms with E-state index in [0.29, 0.717) is 9.90 Å². The maximum Gasteiger partial charge on any atom is 0.271 e. The van der Waals surface area contributed by atoms with Crippen molar-refractivity contribution in [3.63, 3.8) is 0 Å². The van der Waals surface area contributed by atoms with Gasteiger partial charge in [0.15, 0.2) is 0 Å². The first kappa shape index (κ1) is 16.0. The second-order valence-corrected chi connectivity index (χ2v) is 9.08. The van der Waals surface area contributed by atoms with Gasteiger partial charge >= 0.3 is 0 Å². The summed E-state index contributed by atoms with van der Waals surface area (Å²) in [6.45, 7) is 8.40. The molecule has 0 fully saturated rings. The Labute approximate surface area is 131 Å². The highest BCUT2D eigenvalue weighted by molar-refractivity contribution is 7.94. The molecule has 21 heavy (non-hydrogen) atoms. The van der Waals surface area contributed by atoms with E-state index in [1.165, 1.54) is 16.9 Å². The molecule has 0 radical (unpaired) electrons. The first-order valence-corrected chi connectivity index (χ1v) is 9.24. The Bertz CT molecular complexity index is 707. The molecule has 1 aromatic heterocycles. The largest absolute Gasteiger partial charge is 0.279 e. The lowest BCUT2D eigenvalue weighted by Crippen LogP contribution is -2.13. The fraction of sp³-hybridized carbons (Fsp3) is 0.375. The fourth-order valence-corrected chi connectivity index (χ4v) is 4.29. The Balaban J connectivity index is 2.21. The molecule has 114 valence electrons. The summed E-state index contributed by atoms with van der Waals surface area (Å²) in [5, 5.41) is 0. The smallest absolute Gasteiger partial charge is 0.271 e. The lowest BCUT2D eigenvalue weighted by atomic mass is 9.87. The lowest BCUT2D eigenvalue weighted by molar-refractivity contribution is 0.590. The Morgan fingerprint density at radius 3 is 2.14 bits per heavy atom. The molecule has 0 saturated heterocycles. The van der Waals surface area contributed by atoms with E-state index >= 15 is 0 Å². The lowest BCUT2D eigenvalue weighted by Gasteiger charge is -2.19. The van der Waals surface area contributed by atoms with Crippen LogP contribution in [0.5, 0.6) is 0 Å². The van der Waals surface area contributed by atoms with Crippen LogP contribution in [0.1, 0.15) is 38.1 Å². The van der Waals surface area contributed by atoms with E-state index in [0.717, 1.165) is 11.3 Å². The van der Waals surface area contributed by atoms with Gasteiger partial charge in [-0.05, 0) is 41.7 Å². The van der Waals surface area contributed by atoms with Gasteiger partial charge in [0.05, 0.1) is 0 Å². The summed E-state index contributed by atoms with van der Waals surface area (Å²) in [6.07, 6.45) is 0.848. The molecule has 0 aliphatic heterocycles. The van der Waals surface area contributed by atoms with Crippen molar-refractivity contribution in [2.45, 2.75) is 43.7 Å². The molecule has 0 atom stereocenters. The van der Waals surface area contributed by atoms with Crippen LogP contribution in [0.2, 0.25) is 0 Å². The highest BCUT2D eigenvalue weighted by Crippen LogP contribution is 2.26. The molecule has 0 aliphatic rings. The molecule has 0 amide bonds. The van der Waals surface area contributed by atoms with Crippen LogP contribution in [0.25, 0.3) is 0 Å². The van der Waals surface area contributed by atoms with E-state index < -0.39 is 10.0 Å². The van der Waals surface area contributed by atoms with Gasteiger partial charge in [-0.1, -0.05) is 39.8 Å². The highest BCUT2D eigenvalue weighted by Gasteiger charge is 2.18. The summed E-state index contributed by atoms with van der Waals surface area (Å²) in [7, 11) is -3.48. The molecule has 0 bridgehead atoms. The first-order valence-electron chi connectivity index (χ1n) is 6.94. The zero-order valence-corrected chi connectivity index (χ0v) is 14.4. The van der Waals surface area contributed by atoms with Crippen molar-refractivity contribution in [2.75, 3.05) is 4.72 Å². The van der Waals surface area contributed by atoms with E-state index in [1.807, 2.05) is 37.3 Å². The van der Waals surface area contributed by atoms with Crippen LogP contribution in [-0.4, -0.2) is 8.42 Å². The summed E-state index contributed by atoms with van der Waals surface area (Å²) < 4.78 is 27.6. The normalized spacial score (nSPS) is 12.4. The van der Waals surface area contributed by atoms with Crippen LogP contribution >= 0.6 is 11.3 Å². The van der Waals surface area contributed by atoms with Crippen LogP contribution < -0.4 is 4.72 Å². The average Bonchev–Trinajstić information content (AvgIpc) is 2.87. The first-order chi connectivity index (χ1) is 9.72. The molecule has 1 aromatic carbocycles. The van der Waals surface area contributed by atoms with Crippen molar-refractivity contribution in [1.29, 1.82) is 0 Å². The van der Waals surface area contributed by atoms with E-state index in [4.69, 9.17) is 0 Å². The molecule has 1 N–H and O–H groups in total. The molecular weight excluding hydrogens is 302 g/mol.